The molecule has 0 amide bonds. The van der Waals surface area contributed by atoms with Crippen molar-refractivity contribution in [1.82, 2.24) is 4.98 Å². The van der Waals surface area contributed by atoms with E-state index in [1.165, 1.54) is 6.20 Å². The largest absolute Gasteiger partial charge is 0.447 e. The van der Waals surface area contributed by atoms with Crippen LogP contribution in [-0.4, -0.2) is 16.7 Å². The molecule has 0 radical (unpaired) electrons. The molecule has 0 aromatic carbocycles. The second kappa shape index (κ2) is 5.02. The van der Waals surface area contributed by atoms with E-state index in [1.54, 1.807) is 18.3 Å². The summed E-state index contributed by atoms with van der Waals surface area (Å²) in [5, 5.41) is 38.5. The molecule has 25 heavy (non-hydrogen) atoms. The second-order valence-electron chi connectivity index (χ2n) is 6.78. The van der Waals surface area contributed by atoms with Crippen molar-refractivity contribution in [2.45, 2.75) is 37.6 Å². The summed E-state index contributed by atoms with van der Waals surface area (Å²) in [6.45, 7) is 0. The van der Waals surface area contributed by atoms with Crippen LogP contribution in [-0.2, 0) is 9.47 Å². The van der Waals surface area contributed by atoms with E-state index in [2.05, 4.69) is 11.1 Å². The van der Waals surface area contributed by atoms with Crippen LogP contribution < -0.4 is 0 Å². The van der Waals surface area contributed by atoms with Crippen molar-refractivity contribution in [3.05, 3.63) is 30.1 Å². The molecule has 124 valence electrons. The maximum absolute atomic E-state index is 10.1. The smallest absolute Gasteiger partial charge is 0.217 e. The third-order valence-electron chi connectivity index (χ3n) is 5.80. The van der Waals surface area contributed by atoms with Crippen molar-refractivity contribution in [3.63, 3.8) is 0 Å². The molecule has 2 bridgehead atoms. The number of hydrogen-bond acceptors (Lipinski definition) is 7. The van der Waals surface area contributed by atoms with E-state index in [4.69, 9.17) is 14.9 Å². The molecule has 2 saturated heterocycles. The summed E-state index contributed by atoms with van der Waals surface area (Å²) in [6.07, 6.45) is 4.92. The normalized spacial score (nSPS) is 37.7. The van der Waals surface area contributed by atoms with Gasteiger partial charge in [0.1, 0.15) is 6.10 Å². The Bertz CT molecular complexity index is 850. The molecule has 0 spiro atoms. The number of aromatic nitrogens is 1. The number of hydrogen-bond donors (Lipinski definition) is 1. The van der Waals surface area contributed by atoms with Crippen molar-refractivity contribution >= 4 is 5.90 Å². The van der Waals surface area contributed by atoms with E-state index < -0.39 is 28.6 Å². The molecule has 7 nitrogen and oxygen atoms in total. The lowest BCUT2D eigenvalue weighted by molar-refractivity contribution is -0.294. The summed E-state index contributed by atoms with van der Waals surface area (Å²) < 4.78 is 12.0. The molecule has 0 unspecified atom stereocenters. The van der Waals surface area contributed by atoms with E-state index in [-0.39, 0.29) is 5.90 Å². The van der Waals surface area contributed by atoms with Gasteiger partial charge in [-0.05, 0) is 18.9 Å². The molecule has 3 heterocycles. The Kier molecular flexibility index (Phi) is 3.13. The number of pyridine rings is 1. The highest BCUT2D eigenvalue weighted by Crippen LogP contribution is 2.69. The fourth-order valence-corrected chi connectivity index (χ4v) is 4.69. The first-order chi connectivity index (χ1) is 12.1. The van der Waals surface area contributed by atoms with E-state index in [1.807, 2.05) is 12.1 Å². The van der Waals surface area contributed by atoms with Gasteiger partial charge in [-0.15, -0.1) is 0 Å². The number of nitrogens with one attached hydrogen (secondary N) is 1. The molecule has 4 atom stereocenters. The lowest BCUT2D eigenvalue weighted by atomic mass is 9.51. The Morgan fingerprint density at radius 2 is 2.00 bits per heavy atom. The maximum Gasteiger partial charge on any atom is 0.217 e. The summed E-state index contributed by atoms with van der Waals surface area (Å²) in [7, 11) is 0. The molecule has 4 rings (SSSR count). The summed E-state index contributed by atoms with van der Waals surface area (Å²) in [6, 6.07) is 9.63. The van der Waals surface area contributed by atoms with Gasteiger partial charge in [0.15, 0.2) is 5.41 Å². The van der Waals surface area contributed by atoms with Gasteiger partial charge in [-0.1, -0.05) is 12.5 Å². The lowest BCUT2D eigenvalue weighted by Gasteiger charge is -2.51. The molecular weight excluding hydrogens is 318 g/mol. The van der Waals surface area contributed by atoms with Gasteiger partial charge in [0.05, 0.1) is 24.1 Å². The van der Waals surface area contributed by atoms with Gasteiger partial charge in [0, 0.05) is 24.4 Å². The van der Waals surface area contributed by atoms with Gasteiger partial charge >= 0.3 is 0 Å². The van der Waals surface area contributed by atoms with Crippen LogP contribution in [0.3, 0.4) is 0 Å². The fraction of sp³-hybridized carbons (Fsp3) is 0.500. The third kappa shape index (κ3) is 1.60. The zero-order valence-electron chi connectivity index (χ0n) is 13.4. The van der Waals surface area contributed by atoms with Crippen LogP contribution in [0.25, 0.3) is 0 Å². The maximum atomic E-state index is 10.1. The van der Waals surface area contributed by atoms with Gasteiger partial charge in [0.2, 0.25) is 17.1 Å². The van der Waals surface area contributed by atoms with Gasteiger partial charge in [-0.3, -0.25) is 10.4 Å². The van der Waals surface area contributed by atoms with E-state index >= 15 is 0 Å². The summed E-state index contributed by atoms with van der Waals surface area (Å²) in [5.41, 5.74) is -2.98. The number of rotatable bonds is 1. The number of ether oxygens (including phenoxy) is 2. The van der Waals surface area contributed by atoms with E-state index in [9.17, 15) is 15.8 Å². The van der Waals surface area contributed by atoms with Crippen molar-refractivity contribution in [2.24, 2.45) is 16.7 Å². The average Bonchev–Trinajstić information content (AvgIpc) is 2.87. The van der Waals surface area contributed by atoms with Crippen LogP contribution in [0.5, 0.6) is 0 Å². The van der Waals surface area contributed by atoms with Crippen LogP contribution in [0, 0.1) is 56.2 Å². The third-order valence-corrected chi connectivity index (χ3v) is 5.80. The van der Waals surface area contributed by atoms with Crippen LogP contribution >= 0.6 is 0 Å². The topological polar surface area (TPSA) is 127 Å². The van der Waals surface area contributed by atoms with Crippen molar-refractivity contribution in [1.29, 1.82) is 21.2 Å². The molecule has 1 aromatic heterocycles. The Morgan fingerprint density at radius 1 is 1.20 bits per heavy atom. The summed E-state index contributed by atoms with van der Waals surface area (Å²) in [4.78, 5) is 4.06. The highest BCUT2D eigenvalue weighted by molar-refractivity contribution is 5.89. The SMILES string of the molecule is N#CC1(C#N)[C@H](c2cccnc2)O[C@@]23CCCC[C@H]2[C@]1(C#N)C(=N)O3. The molecular formula is C18H15N5O2. The minimum Gasteiger partial charge on any atom is -0.447 e. The van der Waals surface area contributed by atoms with Gasteiger partial charge in [-0.2, -0.15) is 15.8 Å². The van der Waals surface area contributed by atoms with E-state index in [0.29, 0.717) is 18.4 Å². The monoisotopic (exact) mass is 333 g/mol. The molecule has 1 N–H and O–H groups in total. The lowest BCUT2D eigenvalue weighted by Crippen LogP contribution is -2.60. The van der Waals surface area contributed by atoms with Crippen molar-refractivity contribution < 1.29 is 9.47 Å². The molecule has 1 aliphatic carbocycles. The summed E-state index contributed by atoms with van der Waals surface area (Å²) >= 11 is 0. The Morgan fingerprint density at radius 3 is 2.64 bits per heavy atom. The molecule has 1 aromatic rings. The summed E-state index contributed by atoms with van der Waals surface area (Å²) in [5.74, 6) is -1.95. The predicted molar refractivity (Wildman–Crippen MR) is 83.3 cm³/mol. The van der Waals surface area contributed by atoms with E-state index in [0.717, 1.165) is 12.8 Å². The fourth-order valence-electron chi connectivity index (χ4n) is 4.69. The zero-order chi connectivity index (χ0) is 17.7. The molecule has 3 fully saturated rings. The number of nitriles is 3. The number of nitrogens with zero attached hydrogens (tertiary/aromatic N) is 4. The van der Waals surface area contributed by atoms with Crippen LogP contribution in [0.1, 0.15) is 37.4 Å². The second-order valence-corrected chi connectivity index (χ2v) is 6.78. The zero-order valence-corrected chi connectivity index (χ0v) is 13.4. The average molecular weight is 333 g/mol. The highest BCUT2D eigenvalue weighted by Gasteiger charge is 2.80. The molecule has 7 heteroatoms. The standard InChI is InChI=1S/C18H15N5O2/c19-9-16(10-20)14(12-4-3-7-23-8-12)24-18-6-2-1-5-13(18)17(16,11-21)15(22)25-18/h3-4,7-8,13-14,22H,1-2,5-6H2/t13-,14-,17+,18+/m0/s1. The van der Waals surface area contributed by atoms with Crippen LogP contribution in [0.2, 0.25) is 0 Å². The minimum atomic E-state index is -1.87. The Labute approximate surface area is 144 Å². The van der Waals surface area contributed by atoms with Gasteiger partial charge in [-0.25, -0.2) is 0 Å². The quantitative estimate of drug-likeness (QED) is 0.841. The first kappa shape index (κ1) is 15.6. The Hall–Kier alpha value is -2.95. The molecule has 1 saturated carbocycles. The van der Waals surface area contributed by atoms with Gasteiger partial charge in [0.25, 0.3) is 0 Å². The highest BCUT2D eigenvalue weighted by atomic mass is 16.7. The van der Waals surface area contributed by atoms with Crippen LogP contribution in [0.15, 0.2) is 24.5 Å². The first-order valence-electron chi connectivity index (χ1n) is 8.20. The Balaban J connectivity index is 2.01. The van der Waals surface area contributed by atoms with Crippen LogP contribution in [0.4, 0.5) is 0 Å². The predicted octanol–water partition coefficient (Wildman–Crippen LogP) is 2.59. The first-order valence-corrected chi connectivity index (χ1v) is 8.20. The van der Waals surface area contributed by atoms with Crippen molar-refractivity contribution in [3.8, 4) is 18.2 Å². The minimum absolute atomic E-state index is 0.323. The van der Waals surface area contributed by atoms with Gasteiger partial charge < -0.3 is 9.47 Å². The molecule has 2 aliphatic heterocycles. The molecule has 3 aliphatic rings. The van der Waals surface area contributed by atoms with Crippen molar-refractivity contribution in [2.75, 3.05) is 0 Å².